The molecule has 2 N–H and O–H groups in total. The summed E-state index contributed by atoms with van der Waals surface area (Å²) in [7, 11) is 1.85. The molecule has 0 heterocycles. The van der Waals surface area contributed by atoms with Crippen molar-refractivity contribution < 1.29 is 9.53 Å². The van der Waals surface area contributed by atoms with Gasteiger partial charge in [-0.05, 0) is 36.4 Å². The van der Waals surface area contributed by atoms with E-state index in [1.165, 1.54) is 0 Å². The number of carbonyl (C=O) groups excluding carboxylic acids is 1. The molecule has 98 valence electrons. The van der Waals surface area contributed by atoms with Crippen LogP contribution in [0.1, 0.15) is 0 Å². The van der Waals surface area contributed by atoms with Gasteiger partial charge in [-0.1, -0.05) is 18.2 Å². The molecule has 2 rings (SSSR count). The fraction of sp³-hybridized carbons (Fsp3) is 0.133. The van der Waals surface area contributed by atoms with E-state index in [1.54, 1.807) is 0 Å². The van der Waals surface area contributed by atoms with E-state index >= 15 is 0 Å². The van der Waals surface area contributed by atoms with E-state index in [9.17, 15) is 4.79 Å². The minimum absolute atomic E-state index is 0.00616. The maximum absolute atomic E-state index is 11.7. The Morgan fingerprint density at radius 3 is 2.32 bits per heavy atom. The molecule has 0 saturated carbocycles. The summed E-state index contributed by atoms with van der Waals surface area (Å²) >= 11 is 0. The number of benzene rings is 2. The zero-order chi connectivity index (χ0) is 13.5. The second-order valence-electron chi connectivity index (χ2n) is 3.98. The van der Waals surface area contributed by atoms with E-state index in [1.807, 2.05) is 61.6 Å². The lowest BCUT2D eigenvalue weighted by Crippen LogP contribution is -2.20. The minimum atomic E-state index is -0.177. The van der Waals surface area contributed by atoms with Crippen LogP contribution in [0.5, 0.6) is 5.75 Å². The van der Waals surface area contributed by atoms with E-state index < -0.39 is 0 Å². The predicted octanol–water partition coefficient (Wildman–Crippen LogP) is 2.75. The summed E-state index contributed by atoms with van der Waals surface area (Å²) in [4.78, 5) is 11.7. The third-order valence-electron chi connectivity index (χ3n) is 2.57. The fourth-order valence-electron chi connectivity index (χ4n) is 1.59. The molecule has 0 aliphatic carbocycles. The van der Waals surface area contributed by atoms with Crippen molar-refractivity contribution in [1.82, 2.24) is 0 Å². The fourth-order valence-corrected chi connectivity index (χ4v) is 1.59. The van der Waals surface area contributed by atoms with Gasteiger partial charge in [-0.3, -0.25) is 4.79 Å². The van der Waals surface area contributed by atoms with Gasteiger partial charge < -0.3 is 15.4 Å². The molecule has 19 heavy (non-hydrogen) atoms. The van der Waals surface area contributed by atoms with Crippen molar-refractivity contribution >= 4 is 17.3 Å². The monoisotopic (exact) mass is 256 g/mol. The standard InChI is InChI=1S/C15H16N2O2/c1-16-12-7-9-14(10-8-12)19-11-15(18)17-13-5-3-2-4-6-13/h2-10,16H,11H2,1H3,(H,17,18). The van der Waals surface area contributed by atoms with Crippen LogP contribution >= 0.6 is 0 Å². The Kier molecular flexibility index (Phi) is 4.39. The highest BCUT2D eigenvalue weighted by molar-refractivity contribution is 5.91. The summed E-state index contributed by atoms with van der Waals surface area (Å²) in [6.45, 7) is -0.00616. The van der Waals surface area contributed by atoms with Gasteiger partial charge in [-0.25, -0.2) is 0 Å². The molecule has 1 amide bonds. The van der Waals surface area contributed by atoms with Crippen LogP contribution < -0.4 is 15.4 Å². The number of anilines is 2. The van der Waals surface area contributed by atoms with Crippen LogP contribution in [-0.4, -0.2) is 19.6 Å². The Labute approximate surface area is 112 Å². The van der Waals surface area contributed by atoms with Crippen LogP contribution in [0.15, 0.2) is 54.6 Å². The highest BCUT2D eigenvalue weighted by Crippen LogP contribution is 2.15. The smallest absolute Gasteiger partial charge is 0.262 e. The second-order valence-corrected chi connectivity index (χ2v) is 3.98. The van der Waals surface area contributed by atoms with Crippen LogP contribution in [0.4, 0.5) is 11.4 Å². The second kappa shape index (κ2) is 6.44. The topological polar surface area (TPSA) is 50.4 Å². The maximum atomic E-state index is 11.7. The van der Waals surface area contributed by atoms with Crippen LogP contribution in [0.3, 0.4) is 0 Å². The van der Waals surface area contributed by atoms with E-state index in [0.717, 1.165) is 11.4 Å². The van der Waals surface area contributed by atoms with Gasteiger partial charge in [0.25, 0.3) is 5.91 Å². The van der Waals surface area contributed by atoms with Gasteiger partial charge in [0.1, 0.15) is 5.75 Å². The lowest BCUT2D eigenvalue weighted by Gasteiger charge is -2.08. The maximum Gasteiger partial charge on any atom is 0.262 e. The minimum Gasteiger partial charge on any atom is -0.484 e. The number of hydrogen-bond acceptors (Lipinski definition) is 3. The van der Waals surface area contributed by atoms with Crippen molar-refractivity contribution in [2.75, 3.05) is 24.3 Å². The summed E-state index contributed by atoms with van der Waals surface area (Å²) in [5, 5.41) is 5.78. The largest absolute Gasteiger partial charge is 0.484 e. The van der Waals surface area contributed by atoms with E-state index in [-0.39, 0.29) is 12.5 Å². The molecule has 0 aliphatic heterocycles. The van der Waals surface area contributed by atoms with Gasteiger partial charge in [0.05, 0.1) is 0 Å². The first kappa shape index (κ1) is 13.0. The van der Waals surface area contributed by atoms with Crippen molar-refractivity contribution in [1.29, 1.82) is 0 Å². The molecule has 0 aliphatic rings. The van der Waals surface area contributed by atoms with Crippen molar-refractivity contribution in [3.63, 3.8) is 0 Å². The number of nitrogens with one attached hydrogen (secondary N) is 2. The summed E-state index contributed by atoms with van der Waals surface area (Å²) in [6.07, 6.45) is 0. The zero-order valence-corrected chi connectivity index (χ0v) is 10.7. The lowest BCUT2D eigenvalue weighted by molar-refractivity contribution is -0.118. The summed E-state index contributed by atoms with van der Waals surface area (Å²) in [6, 6.07) is 16.7. The van der Waals surface area contributed by atoms with Crippen LogP contribution in [-0.2, 0) is 4.79 Å². The van der Waals surface area contributed by atoms with Crippen molar-refractivity contribution in [2.45, 2.75) is 0 Å². The molecular weight excluding hydrogens is 240 g/mol. The van der Waals surface area contributed by atoms with E-state index in [4.69, 9.17) is 4.74 Å². The van der Waals surface area contributed by atoms with E-state index in [0.29, 0.717) is 5.75 Å². The van der Waals surface area contributed by atoms with Crippen LogP contribution in [0, 0.1) is 0 Å². The predicted molar refractivity (Wildman–Crippen MR) is 76.6 cm³/mol. The van der Waals surface area contributed by atoms with Gasteiger partial charge >= 0.3 is 0 Å². The normalized spacial score (nSPS) is 9.74. The van der Waals surface area contributed by atoms with Gasteiger partial charge in [-0.15, -0.1) is 0 Å². The Hall–Kier alpha value is -2.49. The van der Waals surface area contributed by atoms with Gasteiger partial charge in [0.15, 0.2) is 6.61 Å². The summed E-state index contributed by atoms with van der Waals surface area (Å²) in [5.41, 5.74) is 1.77. The van der Waals surface area contributed by atoms with Gasteiger partial charge in [0, 0.05) is 18.4 Å². The molecule has 4 nitrogen and oxygen atoms in total. The molecule has 0 saturated heterocycles. The number of hydrogen-bond donors (Lipinski definition) is 2. The Morgan fingerprint density at radius 1 is 1.00 bits per heavy atom. The number of amides is 1. The van der Waals surface area contributed by atoms with Gasteiger partial charge in [-0.2, -0.15) is 0 Å². The first-order valence-electron chi connectivity index (χ1n) is 6.03. The number of para-hydroxylation sites is 1. The average molecular weight is 256 g/mol. The van der Waals surface area contributed by atoms with Gasteiger partial charge in [0.2, 0.25) is 0 Å². The molecule has 0 spiro atoms. The Bertz CT molecular complexity index is 524. The first-order valence-corrected chi connectivity index (χ1v) is 6.03. The summed E-state index contributed by atoms with van der Waals surface area (Å²) < 4.78 is 5.40. The highest BCUT2D eigenvalue weighted by Gasteiger charge is 2.03. The quantitative estimate of drug-likeness (QED) is 0.864. The lowest BCUT2D eigenvalue weighted by atomic mass is 10.3. The van der Waals surface area contributed by atoms with Crippen molar-refractivity contribution in [3.8, 4) is 5.75 Å². The third-order valence-corrected chi connectivity index (χ3v) is 2.57. The number of ether oxygens (including phenoxy) is 1. The van der Waals surface area contributed by atoms with Crippen molar-refractivity contribution in [3.05, 3.63) is 54.6 Å². The molecule has 0 unspecified atom stereocenters. The van der Waals surface area contributed by atoms with E-state index in [2.05, 4.69) is 10.6 Å². The molecule has 0 fully saturated rings. The molecule has 2 aromatic carbocycles. The Balaban J connectivity index is 1.83. The molecule has 2 aromatic rings. The molecule has 0 aromatic heterocycles. The third kappa shape index (κ3) is 4.03. The zero-order valence-electron chi connectivity index (χ0n) is 10.7. The number of carbonyl (C=O) groups is 1. The number of rotatable bonds is 5. The summed E-state index contributed by atoms with van der Waals surface area (Å²) in [5.74, 6) is 0.492. The molecule has 0 radical (unpaired) electrons. The Morgan fingerprint density at radius 2 is 1.68 bits per heavy atom. The van der Waals surface area contributed by atoms with Crippen molar-refractivity contribution in [2.24, 2.45) is 0 Å². The molecule has 4 heteroatoms. The van der Waals surface area contributed by atoms with Crippen LogP contribution in [0.25, 0.3) is 0 Å². The highest BCUT2D eigenvalue weighted by atomic mass is 16.5. The molecular formula is C15H16N2O2. The SMILES string of the molecule is CNc1ccc(OCC(=O)Nc2ccccc2)cc1. The molecule has 0 atom stereocenters. The molecule has 0 bridgehead atoms. The average Bonchev–Trinajstić information content (AvgIpc) is 2.47. The first-order chi connectivity index (χ1) is 9.28. The van der Waals surface area contributed by atoms with Crippen LogP contribution in [0.2, 0.25) is 0 Å².